The minimum Gasteiger partial charge on any atom is -0.372 e. The molecule has 1 aromatic carbocycles. The molecule has 1 aliphatic rings. The Labute approximate surface area is 105 Å². The molecule has 6 heteroatoms. The van der Waals surface area contributed by atoms with Gasteiger partial charge in [0.05, 0.1) is 17.8 Å². The lowest BCUT2D eigenvalue weighted by Gasteiger charge is -2.26. The molecule has 0 aromatic heterocycles. The fraction of sp³-hybridized carbons (Fsp3) is 0.333. The Kier molecular flexibility index (Phi) is 3.47. The van der Waals surface area contributed by atoms with Crippen molar-refractivity contribution in [3.63, 3.8) is 0 Å². The lowest BCUT2D eigenvalue weighted by atomic mass is 10.1. The fourth-order valence-electron chi connectivity index (χ4n) is 1.82. The minimum atomic E-state index is -0.542. The maximum Gasteiger partial charge on any atom is 0.247 e. The lowest BCUT2D eigenvalue weighted by Crippen LogP contribution is -2.44. The van der Waals surface area contributed by atoms with Crippen molar-refractivity contribution in [2.24, 2.45) is 0 Å². The van der Waals surface area contributed by atoms with Gasteiger partial charge in [0.2, 0.25) is 11.8 Å². The van der Waals surface area contributed by atoms with Gasteiger partial charge < -0.3 is 10.6 Å². The molecule has 0 saturated carbocycles. The number of hydrogen-bond acceptors (Lipinski definition) is 4. The van der Waals surface area contributed by atoms with Crippen molar-refractivity contribution in [2.45, 2.75) is 12.5 Å². The Morgan fingerprint density at radius 2 is 2.00 bits per heavy atom. The van der Waals surface area contributed by atoms with E-state index in [0.29, 0.717) is 0 Å². The van der Waals surface area contributed by atoms with Crippen LogP contribution < -0.4 is 16.1 Å². The van der Waals surface area contributed by atoms with Crippen molar-refractivity contribution < 1.29 is 9.59 Å². The van der Waals surface area contributed by atoms with Gasteiger partial charge in [0.1, 0.15) is 6.04 Å². The van der Waals surface area contributed by atoms with Crippen LogP contribution in [0.5, 0.6) is 0 Å². The molecule has 0 aliphatic carbocycles. The SMILES string of the molecule is CN(C)NC(=O)C[C@H]1Nc2ccccc2NC1=O. The Balaban J connectivity index is 2.04. The first-order chi connectivity index (χ1) is 8.56. The number of carbonyl (C=O) groups is 2. The van der Waals surface area contributed by atoms with Crippen LogP contribution in [0.4, 0.5) is 11.4 Å². The molecule has 6 nitrogen and oxygen atoms in total. The summed E-state index contributed by atoms with van der Waals surface area (Å²) in [5.74, 6) is -0.394. The molecule has 3 N–H and O–H groups in total. The molecule has 1 aromatic rings. The highest BCUT2D eigenvalue weighted by atomic mass is 16.2. The molecular formula is C12H16N4O2. The van der Waals surface area contributed by atoms with Crippen LogP contribution in [0.25, 0.3) is 0 Å². The van der Waals surface area contributed by atoms with E-state index in [1.807, 2.05) is 24.3 Å². The Bertz CT molecular complexity index is 473. The van der Waals surface area contributed by atoms with Gasteiger partial charge in [-0.3, -0.25) is 15.0 Å². The first kappa shape index (κ1) is 12.4. The van der Waals surface area contributed by atoms with Crippen LogP contribution in [0.1, 0.15) is 6.42 Å². The average molecular weight is 248 g/mol. The second-order valence-corrected chi connectivity index (χ2v) is 4.37. The zero-order valence-electron chi connectivity index (χ0n) is 10.4. The van der Waals surface area contributed by atoms with Gasteiger partial charge in [0, 0.05) is 14.1 Å². The number of hydrogen-bond donors (Lipinski definition) is 3. The summed E-state index contributed by atoms with van der Waals surface area (Å²) >= 11 is 0. The minimum absolute atomic E-state index is 0.0956. The van der Waals surface area contributed by atoms with Gasteiger partial charge in [-0.05, 0) is 12.1 Å². The van der Waals surface area contributed by atoms with E-state index in [1.165, 1.54) is 0 Å². The number of nitrogens with one attached hydrogen (secondary N) is 3. The van der Waals surface area contributed by atoms with Crippen LogP contribution >= 0.6 is 0 Å². The molecule has 2 rings (SSSR count). The van der Waals surface area contributed by atoms with Crippen LogP contribution in [-0.2, 0) is 9.59 Å². The number of carbonyl (C=O) groups excluding carboxylic acids is 2. The van der Waals surface area contributed by atoms with E-state index in [0.717, 1.165) is 11.4 Å². The standard InChI is InChI=1S/C12H16N4O2/c1-16(2)15-11(17)7-10-12(18)14-9-6-4-3-5-8(9)13-10/h3-6,10,13H,7H2,1-2H3,(H,14,18)(H,15,17)/t10-/m1/s1. The molecule has 0 spiro atoms. The van der Waals surface area contributed by atoms with Gasteiger partial charge in [0.25, 0.3) is 0 Å². The van der Waals surface area contributed by atoms with Gasteiger partial charge in [-0.2, -0.15) is 0 Å². The quantitative estimate of drug-likeness (QED) is 0.677. The fourth-order valence-corrected chi connectivity index (χ4v) is 1.82. The summed E-state index contributed by atoms with van der Waals surface area (Å²) < 4.78 is 0. The van der Waals surface area contributed by atoms with Crippen LogP contribution in [0.15, 0.2) is 24.3 Å². The summed E-state index contributed by atoms with van der Waals surface area (Å²) in [5.41, 5.74) is 4.18. The molecule has 96 valence electrons. The van der Waals surface area contributed by atoms with E-state index in [4.69, 9.17) is 0 Å². The summed E-state index contributed by atoms with van der Waals surface area (Å²) in [4.78, 5) is 23.4. The molecular weight excluding hydrogens is 232 g/mol. The topological polar surface area (TPSA) is 73.5 Å². The van der Waals surface area contributed by atoms with Crippen molar-refractivity contribution >= 4 is 23.2 Å². The van der Waals surface area contributed by atoms with Crippen molar-refractivity contribution in [3.05, 3.63) is 24.3 Å². The second-order valence-electron chi connectivity index (χ2n) is 4.37. The summed E-state index contributed by atoms with van der Waals surface area (Å²) in [7, 11) is 3.45. The predicted molar refractivity (Wildman–Crippen MR) is 68.9 cm³/mol. The third-order valence-electron chi connectivity index (χ3n) is 2.57. The molecule has 18 heavy (non-hydrogen) atoms. The number of benzene rings is 1. The molecule has 1 aliphatic heterocycles. The zero-order valence-corrected chi connectivity index (χ0v) is 10.4. The number of para-hydroxylation sites is 2. The van der Waals surface area contributed by atoms with Crippen molar-refractivity contribution in [3.8, 4) is 0 Å². The van der Waals surface area contributed by atoms with E-state index >= 15 is 0 Å². The summed E-state index contributed by atoms with van der Waals surface area (Å²) in [6.45, 7) is 0. The first-order valence-corrected chi connectivity index (χ1v) is 5.69. The van der Waals surface area contributed by atoms with Crippen LogP contribution in [-0.4, -0.2) is 37.0 Å². The van der Waals surface area contributed by atoms with E-state index in [9.17, 15) is 9.59 Å². The summed E-state index contributed by atoms with van der Waals surface area (Å²) in [6, 6.07) is 6.86. The maximum atomic E-state index is 11.8. The highest BCUT2D eigenvalue weighted by molar-refractivity contribution is 6.04. The largest absolute Gasteiger partial charge is 0.372 e. The third-order valence-corrected chi connectivity index (χ3v) is 2.57. The molecule has 1 atom stereocenters. The predicted octanol–water partition coefficient (Wildman–Crippen LogP) is 0.402. The van der Waals surface area contributed by atoms with Gasteiger partial charge in [-0.1, -0.05) is 12.1 Å². The zero-order chi connectivity index (χ0) is 13.1. The van der Waals surface area contributed by atoms with Gasteiger partial charge in [-0.25, -0.2) is 5.01 Å². The normalized spacial score (nSPS) is 17.7. The first-order valence-electron chi connectivity index (χ1n) is 5.69. The number of nitrogens with zero attached hydrogens (tertiary/aromatic N) is 1. The molecule has 1 heterocycles. The van der Waals surface area contributed by atoms with Gasteiger partial charge in [0.15, 0.2) is 0 Å². The van der Waals surface area contributed by atoms with Crippen molar-refractivity contribution in [2.75, 3.05) is 24.7 Å². The van der Waals surface area contributed by atoms with Crippen LogP contribution in [0.3, 0.4) is 0 Å². The number of fused-ring (bicyclic) bond motifs is 1. The summed E-state index contributed by atoms with van der Waals surface area (Å²) in [5, 5.41) is 7.39. The second kappa shape index (κ2) is 5.05. The van der Waals surface area contributed by atoms with Gasteiger partial charge >= 0.3 is 0 Å². The Morgan fingerprint density at radius 3 is 2.67 bits per heavy atom. The highest BCUT2D eigenvalue weighted by Gasteiger charge is 2.27. The molecule has 2 amide bonds. The Morgan fingerprint density at radius 1 is 1.33 bits per heavy atom. The van der Waals surface area contributed by atoms with E-state index < -0.39 is 6.04 Å². The van der Waals surface area contributed by atoms with Crippen LogP contribution in [0.2, 0.25) is 0 Å². The highest BCUT2D eigenvalue weighted by Crippen LogP contribution is 2.26. The Hall–Kier alpha value is -2.08. The number of anilines is 2. The smallest absolute Gasteiger partial charge is 0.247 e. The van der Waals surface area contributed by atoms with Crippen LogP contribution in [0, 0.1) is 0 Å². The monoisotopic (exact) mass is 248 g/mol. The van der Waals surface area contributed by atoms with E-state index in [1.54, 1.807) is 19.1 Å². The number of hydrazine groups is 1. The third kappa shape index (κ3) is 2.78. The van der Waals surface area contributed by atoms with Crippen molar-refractivity contribution in [1.82, 2.24) is 10.4 Å². The van der Waals surface area contributed by atoms with E-state index in [-0.39, 0.29) is 18.2 Å². The van der Waals surface area contributed by atoms with Gasteiger partial charge in [-0.15, -0.1) is 0 Å². The van der Waals surface area contributed by atoms with E-state index in [2.05, 4.69) is 16.1 Å². The number of rotatable bonds is 3. The molecule has 0 saturated heterocycles. The summed E-state index contributed by atoms with van der Waals surface area (Å²) in [6.07, 6.45) is 0.0956. The molecule has 0 radical (unpaired) electrons. The molecule has 0 unspecified atom stereocenters. The maximum absolute atomic E-state index is 11.8. The molecule has 0 bridgehead atoms. The average Bonchev–Trinajstić information content (AvgIpc) is 2.29. The number of amides is 2. The van der Waals surface area contributed by atoms with Crippen molar-refractivity contribution in [1.29, 1.82) is 0 Å². The molecule has 0 fully saturated rings. The lowest BCUT2D eigenvalue weighted by molar-refractivity contribution is -0.127.